The van der Waals surface area contributed by atoms with Gasteiger partial charge >= 0.3 is 5.97 Å². The number of aromatic nitrogens is 4. The molecule has 0 unspecified atom stereocenters. The highest BCUT2D eigenvalue weighted by Gasteiger charge is 2.54. The summed E-state index contributed by atoms with van der Waals surface area (Å²) in [5.41, 5.74) is 11.6. The van der Waals surface area contributed by atoms with Gasteiger partial charge in [-0.25, -0.2) is 13.8 Å². The van der Waals surface area contributed by atoms with Gasteiger partial charge in [0.25, 0.3) is 17.7 Å². The Kier molecular flexibility index (Phi) is 7.43. The number of thiazole rings is 1. The number of amides is 3. The molecule has 40 heavy (non-hydrogen) atoms. The van der Waals surface area contributed by atoms with E-state index < -0.39 is 54.1 Å². The van der Waals surface area contributed by atoms with Crippen LogP contribution in [0, 0.1) is 6.92 Å². The average Bonchev–Trinajstić information content (AvgIpc) is 3.60. The lowest BCUT2D eigenvalue weighted by atomic mass is 10.0. The number of oxime groups is 1. The molecule has 19 heteroatoms. The van der Waals surface area contributed by atoms with Crippen molar-refractivity contribution in [2.24, 2.45) is 10.9 Å². The van der Waals surface area contributed by atoms with Crippen LogP contribution in [0.2, 0.25) is 0 Å². The number of hydrogen-bond acceptors (Lipinski definition) is 12. The number of nitrogens with one attached hydrogen (secondary N) is 1. The number of carbonyl (C=O) groups is 4. The lowest BCUT2D eigenvalue weighted by molar-refractivity contribution is -0.687. The number of carbonyl (C=O) groups excluding carboxylic acids is 3. The number of nitrogens with two attached hydrogens (primary N) is 2. The molecule has 0 aliphatic carbocycles. The quantitative estimate of drug-likeness (QED) is 0.0742. The molecule has 3 aromatic heterocycles. The van der Waals surface area contributed by atoms with Crippen molar-refractivity contribution >= 4 is 74.0 Å². The fraction of sp³-hybridized carbons (Fsp3) is 0.333. The van der Waals surface area contributed by atoms with Gasteiger partial charge in [-0.15, -0.1) is 11.8 Å². The number of aryl methyl sites for hydroxylation is 1. The number of imidazole rings is 1. The summed E-state index contributed by atoms with van der Waals surface area (Å²) in [6.45, 7) is 0.680. The topological polar surface area (TPSA) is 211 Å². The van der Waals surface area contributed by atoms with Gasteiger partial charge in [0.1, 0.15) is 53.7 Å². The first-order chi connectivity index (χ1) is 19.1. The molecular weight excluding hydrogens is 589 g/mol. The third kappa shape index (κ3) is 4.86. The Hall–Kier alpha value is -4.10. The van der Waals surface area contributed by atoms with Crippen LogP contribution in [0.25, 0.3) is 4.83 Å². The maximum absolute atomic E-state index is 13.1. The lowest BCUT2D eigenvalue weighted by Crippen LogP contribution is -2.71. The molecule has 3 aromatic rings. The zero-order valence-corrected chi connectivity index (χ0v) is 23.0. The number of primary amides is 1. The molecule has 210 valence electrons. The molecule has 5 heterocycles. The molecule has 2 aliphatic rings. The fourth-order valence-corrected chi connectivity index (χ4v) is 7.06. The second-order valence-electron chi connectivity index (χ2n) is 8.54. The molecule has 2 aliphatic heterocycles. The van der Waals surface area contributed by atoms with Crippen LogP contribution in [0.4, 0.5) is 9.52 Å². The van der Waals surface area contributed by atoms with Crippen LogP contribution in [0.5, 0.6) is 0 Å². The highest BCUT2D eigenvalue weighted by molar-refractivity contribution is 8.00. The Morgan fingerprint density at radius 1 is 1.40 bits per heavy atom. The van der Waals surface area contributed by atoms with E-state index in [0.29, 0.717) is 16.1 Å². The van der Waals surface area contributed by atoms with Crippen LogP contribution in [0.15, 0.2) is 29.0 Å². The highest BCUT2D eigenvalue weighted by Crippen LogP contribution is 2.40. The third-order valence-corrected chi connectivity index (χ3v) is 9.09. The second-order valence-corrected chi connectivity index (χ2v) is 11.5. The minimum Gasteiger partial charge on any atom is -0.477 e. The van der Waals surface area contributed by atoms with Gasteiger partial charge in [-0.3, -0.25) is 19.3 Å². The SMILES string of the molecule is Cc1c(C(N)=O)sc2c[n+](CC3=C(C(=O)O)N4C(=O)[C@@H](NC(=O)/C(=N\OCCF)c5nsc(N)n5)[C@H]4SC3)cn12. The number of halogens is 1. The van der Waals surface area contributed by atoms with E-state index in [9.17, 15) is 28.7 Å². The minimum absolute atomic E-state index is 0.0582. The first-order valence-electron chi connectivity index (χ1n) is 11.5. The third-order valence-electron chi connectivity index (χ3n) is 6.00. The van der Waals surface area contributed by atoms with Crippen molar-refractivity contribution in [1.29, 1.82) is 0 Å². The van der Waals surface area contributed by atoms with E-state index in [1.165, 1.54) is 23.1 Å². The van der Waals surface area contributed by atoms with Gasteiger partial charge in [0, 0.05) is 22.9 Å². The van der Waals surface area contributed by atoms with E-state index in [1.54, 1.807) is 28.4 Å². The molecule has 0 saturated carbocycles. The summed E-state index contributed by atoms with van der Waals surface area (Å²) in [5, 5.41) is 15.5. The van der Waals surface area contributed by atoms with E-state index in [2.05, 4.69) is 19.8 Å². The van der Waals surface area contributed by atoms with Crippen molar-refractivity contribution in [2.75, 3.05) is 24.8 Å². The summed E-state index contributed by atoms with van der Waals surface area (Å²) >= 11 is 3.32. The normalized spacial score (nSPS) is 19.0. The Balaban J connectivity index is 1.35. The number of anilines is 1. The fourth-order valence-electron chi connectivity index (χ4n) is 4.27. The van der Waals surface area contributed by atoms with Crippen molar-refractivity contribution in [1.82, 2.24) is 24.0 Å². The Morgan fingerprint density at radius 2 is 2.17 bits per heavy atom. The van der Waals surface area contributed by atoms with Crippen LogP contribution in [-0.2, 0) is 25.8 Å². The summed E-state index contributed by atoms with van der Waals surface area (Å²) < 4.78 is 19.9. The Bertz CT molecular complexity index is 1610. The molecule has 0 radical (unpaired) electrons. The zero-order chi connectivity index (χ0) is 28.7. The summed E-state index contributed by atoms with van der Waals surface area (Å²) in [5.74, 6) is -3.18. The number of carboxylic acid groups (broad SMARTS) is 1. The highest BCUT2D eigenvalue weighted by atomic mass is 32.2. The number of nitrogen functional groups attached to an aromatic ring is 1. The average molecular weight is 611 g/mol. The van der Waals surface area contributed by atoms with Gasteiger partial charge in [0.2, 0.25) is 22.7 Å². The maximum atomic E-state index is 13.1. The van der Waals surface area contributed by atoms with E-state index in [4.69, 9.17) is 16.3 Å². The first-order valence-corrected chi connectivity index (χ1v) is 14.1. The van der Waals surface area contributed by atoms with Crippen LogP contribution >= 0.6 is 34.6 Å². The number of β-lactam (4-membered cyclic amide) rings is 1. The van der Waals surface area contributed by atoms with E-state index in [0.717, 1.165) is 21.3 Å². The second kappa shape index (κ2) is 10.8. The van der Waals surface area contributed by atoms with Crippen LogP contribution < -0.4 is 21.4 Å². The summed E-state index contributed by atoms with van der Waals surface area (Å²) in [7, 11) is 0. The molecule has 0 aromatic carbocycles. The summed E-state index contributed by atoms with van der Waals surface area (Å²) in [6.07, 6.45) is 3.49. The van der Waals surface area contributed by atoms with Crippen molar-refractivity contribution < 1.29 is 38.1 Å². The number of fused-ring (bicyclic) bond motifs is 2. The van der Waals surface area contributed by atoms with Crippen LogP contribution in [-0.4, -0.2) is 83.6 Å². The van der Waals surface area contributed by atoms with Crippen LogP contribution in [0.3, 0.4) is 0 Å². The van der Waals surface area contributed by atoms with Gasteiger partial charge in [-0.05, 0) is 6.92 Å². The molecule has 0 bridgehead atoms. The molecule has 15 nitrogen and oxygen atoms in total. The maximum Gasteiger partial charge on any atom is 0.352 e. The number of hydrogen-bond donors (Lipinski definition) is 4. The Morgan fingerprint density at radius 3 is 2.80 bits per heavy atom. The molecule has 5 rings (SSSR count). The number of rotatable bonds is 10. The van der Waals surface area contributed by atoms with Gasteiger partial charge in [-0.2, -0.15) is 13.8 Å². The number of carboxylic acids is 1. The number of aliphatic carboxylic acids is 1. The predicted molar refractivity (Wildman–Crippen MR) is 141 cm³/mol. The molecule has 2 atom stereocenters. The molecule has 0 spiro atoms. The van der Waals surface area contributed by atoms with E-state index in [1.807, 2.05) is 0 Å². The van der Waals surface area contributed by atoms with Crippen molar-refractivity contribution in [2.45, 2.75) is 24.9 Å². The van der Waals surface area contributed by atoms with Gasteiger partial charge in [0.15, 0.2) is 5.13 Å². The molecule has 1 saturated heterocycles. The monoisotopic (exact) mass is 610 g/mol. The van der Waals surface area contributed by atoms with Crippen LogP contribution in [0.1, 0.15) is 21.2 Å². The molecular formula is C21H21FN9O6S3+. The lowest BCUT2D eigenvalue weighted by Gasteiger charge is -2.49. The van der Waals surface area contributed by atoms with Gasteiger partial charge in [-0.1, -0.05) is 16.5 Å². The standard InChI is InChI=1S/C21H20FN9O6S3/c1-8-14(15(23)32)39-10-5-29(7-30(8)10)4-9-6-38-19-12(18(34)31(19)13(9)20(35)36)25-17(33)11(27-37-3-2-22)16-26-21(24)40-28-16/h5,7,12,19H,2-4,6H2,1H3,(H5-,23,24,25,26,28,32,33,35,36)/p+1/b27-11-/t12-,19-/m1/s1. The smallest absolute Gasteiger partial charge is 0.352 e. The first kappa shape index (κ1) is 27.5. The van der Waals surface area contributed by atoms with Gasteiger partial charge < -0.3 is 26.7 Å². The number of thioether (sulfide) groups is 1. The van der Waals surface area contributed by atoms with E-state index >= 15 is 0 Å². The van der Waals surface area contributed by atoms with E-state index in [-0.39, 0.29) is 29.0 Å². The molecule has 1 fully saturated rings. The molecule has 6 N–H and O–H groups in total. The summed E-state index contributed by atoms with van der Waals surface area (Å²) in [4.78, 5) is 60.9. The van der Waals surface area contributed by atoms with Crippen molar-refractivity contribution in [3.63, 3.8) is 0 Å². The van der Waals surface area contributed by atoms with Crippen molar-refractivity contribution in [3.05, 3.63) is 40.2 Å². The number of nitrogens with zero attached hydrogens (tertiary/aromatic N) is 6. The minimum atomic E-state index is -1.28. The largest absolute Gasteiger partial charge is 0.477 e. The predicted octanol–water partition coefficient (Wildman–Crippen LogP) is -0.742. The van der Waals surface area contributed by atoms with Gasteiger partial charge in [0.05, 0.1) is 0 Å². The van der Waals surface area contributed by atoms with Crippen molar-refractivity contribution in [3.8, 4) is 0 Å². The summed E-state index contributed by atoms with van der Waals surface area (Å²) in [6, 6.07) is -1.06. The zero-order valence-electron chi connectivity index (χ0n) is 20.6. The molecule has 3 amide bonds. The Labute approximate surface area is 236 Å². The number of alkyl halides is 1.